The minimum Gasteiger partial charge on any atom is -0.497 e. The largest absolute Gasteiger partial charge is 0.497 e. The molecule has 1 unspecified atom stereocenters. The van der Waals surface area contributed by atoms with Gasteiger partial charge in [-0.3, -0.25) is 9.59 Å². The third kappa shape index (κ3) is 6.08. The number of aryl methyl sites for hydroxylation is 1. The average Bonchev–Trinajstić information content (AvgIpc) is 2.96. The van der Waals surface area contributed by atoms with Crippen LogP contribution in [0.2, 0.25) is 0 Å². The molecule has 1 aromatic heterocycles. The van der Waals surface area contributed by atoms with Crippen LogP contribution < -0.4 is 15.9 Å². The van der Waals surface area contributed by atoms with E-state index >= 15 is 0 Å². The van der Waals surface area contributed by atoms with Gasteiger partial charge in [0.05, 0.1) is 30.2 Å². The topological polar surface area (TPSA) is 110 Å². The molecule has 2 N–H and O–H groups in total. The van der Waals surface area contributed by atoms with Gasteiger partial charge in [-0.2, -0.15) is 5.26 Å². The van der Waals surface area contributed by atoms with Crippen LogP contribution in [0.4, 0.5) is 0 Å². The summed E-state index contributed by atoms with van der Waals surface area (Å²) in [5.74, 6) is 0.842. The first-order valence-electron chi connectivity index (χ1n) is 13.5. The summed E-state index contributed by atoms with van der Waals surface area (Å²) in [6.07, 6.45) is 0.875. The quantitative estimate of drug-likeness (QED) is 0.275. The molecule has 7 nitrogen and oxygen atoms in total. The fraction of sp³-hybridized carbons (Fsp3) is 0.303. The molecule has 1 amide bonds. The molecule has 0 spiro atoms. The molecule has 0 aliphatic carbocycles. The molecule has 0 saturated carbocycles. The Morgan fingerprint density at radius 2 is 1.85 bits per heavy atom. The van der Waals surface area contributed by atoms with Gasteiger partial charge in [0, 0.05) is 24.1 Å². The Morgan fingerprint density at radius 1 is 1.10 bits per heavy atom. The molecule has 3 aromatic carbocycles. The molecule has 0 saturated heterocycles. The lowest BCUT2D eigenvalue weighted by Crippen LogP contribution is -2.40. The molecular formula is C33H35N3O4. The minimum absolute atomic E-state index is 0.101. The second-order valence-corrected chi connectivity index (χ2v) is 10.3. The first-order chi connectivity index (χ1) is 19.3. The SMILES string of the molecule is COc1cccc(Cc2c(C(C(C)C)N(CCCN)C(=O)c3ccc(C)cc3)oc3cc(C#N)ccc3c2=O)c1. The fourth-order valence-corrected chi connectivity index (χ4v) is 5.01. The number of nitrogens with two attached hydrogens (primary N) is 1. The van der Waals surface area contributed by atoms with Crippen LogP contribution >= 0.6 is 0 Å². The van der Waals surface area contributed by atoms with Gasteiger partial charge in [-0.05, 0) is 73.8 Å². The molecule has 0 aliphatic heterocycles. The fourth-order valence-electron chi connectivity index (χ4n) is 5.01. The van der Waals surface area contributed by atoms with Gasteiger partial charge in [-0.1, -0.05) is 43.7 Å². The van der Waals surface area contributed by atoms with Crippen molar-refractivity contribution < 1.29 is 13.9 Å². The van der Waals surface area contributed by atoms with Crippen molar-refractivity contribution in [3.8, 4) is 11.8 Å². The summed E-state index contributed by atoms with van der Waals surface area (Å²) in [5, 5.41) is 9.88. The van der Waals surface area contributed by atoms with Gasteiger partial charge in [0.25, 0.3) is 5.91 Å². The van der Waals surface area contributed by atoms with Crippen LogP contribution in [0.5, 0.6) is 5.75 Å². The van der Waals surface area contributed by atoms with Gasteiger partial charge in [0.1, 0.15) is 17.1 Å². The predicted octanol–water partition coefficient (Wildman–Crippen LogP) is 5.76. The number of amides is 1. The third-order valence-electron chi connectivity index (χ3n) is 7.06. The van der Waals surface area contributed by atoms with Crippen molar-refractivity contribution in [3.05, 3.63) is 111 Å². The maximum atomic E-state index is 14.1. The van der Waals surface area contributed by atoms with Gasteiger partial charge >= 0.3 is 0 Å². The zero-order chi connectivity index (χ0) is 28.8. The number of methoxy groups -OCH3 is 1. The van der Waals surface area contributed by atoms with Crippen LogP contribution in [0.1, 0.15) is 64.7 Å². The van der Waals surface area contributed by atoms with E-state index in [0.717, 1.165) is 11.1 Å². The Labute approximate surface area is 234 Å². The molecule has 4 aromatic rings. The summed E-state index contributed by atoms with van der Waals surface area (Å²) in [6.45, 7) is 6.79. The molecule has 1 heterocycles. The van der Waals surface area contributed by atoms with Crippen LogP contribution in [0.15, 0.2) is 75.9 Å². The lowest BCUT2D eigenvalue weighted by Gasteiger charge is -2.35. The monoisotopic (exact) mass is 537 g/mol. The molecule has 4 rings (SSSR count). The molecule has 0 aliphatic rings. The summed E-state index contributed by atoms with van der Waals surface area (Å²) in [4.78, 5) is 29.8. The van der Waals surface area contributed by atoms with Crippen LogP contribution in [0, 0.1) is 24.2 Å². The summed E-state index contributed by atoms with van der Waals surface area (Å²) in [5.41, 5.74) is 9.37. The highest BCUT2D eigenvalue weighted by Gasteiger charge is 2.33. The third-order valence-corrected chi connectivity index (χ3v) is 7.06. The second kappa shape index (κ2) is 12.6. The number of carbonyl (C=O) groups is 1. The first-order valence-corrected chi connectivity index (χ1v) is 13.5. The van der Waals surface area contributed by atoms with Gasteiger partial charge in [-0.25, -0.2) is 0 Å². The van der Waals surface area contributed by atoms with Crippen molar-refractivity contribution in [2.45, 2.75) is 39.7 Å². The van der Waals surface area contributed by atoms with Crippen molar-refractivity contribution in [2.24, 2.45) is 11.7 Å². The van der Waals surface area contributed by atoms with Crippen LogP contribution in [-0.4, -0.2) is 31.0 Å². The van der Waals surface area contributed by atoms with Crippen molar-refractivity contribution in [3.63, 3.8) is 0 Å². The number of fused-ring (bicyclic) bond motifs is 1. The predicted molar refractivity (Wildman–Crippen MR) is 156 cm³/mol. The Kier molecular flexibility index (Phi) is 9.03. The van der Waals surface area contributed by atoms with Crippen LogP contribution in [-0.2, 0) is 6.42 Å². The van der Waals surface area contributed by atoms with Crippen molar-refractivity contribution in [1.82, 2.24) is 4.90 Å². The van der Waals surface area contributed by atoms with Gasteiger partial charge in [0.2, 0.25) is 0 Å². The molecule has 7 heteroatoms. The highest BCUT2D eigenvalue weighted by atomic mass is 16.5. The van der Waals surface area contributed by atoms with Gasteiger partial charge in [-0.15, -0.1) is 0 Å². The van der Waals surface area contributed by atoms with E-state index in [-0.39, 0.29) is 23.7 Å². The molecule has 0 fully saturated rings. The molecule has 0 radical (unpaired) electrons. The number of carbonyl (C=O) groups excluding carboxylic acids is 1. The van der Waals surface area contributed by atoms with Crippen molar-refractivity contribution in [2.75, 3.05) is 20.2 Å². The second-order valence-electron chi connectivity index (χ2n) is 10.3. The average molecular weight is 538 g/mol. The minimum atomic E-state index is -0.552. The lowest BCUT2D eigenvalue weighted by molar-refractivity contribution is 0.0587. The van der Waals surface area contributed by atoms with Crippen LogP contribution in [0.3, 0.4) is 0 Å². The van der Waals surface area contributed by atoms with E-state index in [1.165, 1.54) is 0 Å². The van der Waals surface area contributed by atoms with E-state index in [1.54, 1.807) is 30.2 Å². The summed E-state index contributed by atoms with van der Waals surface area (Å²) >= 11 is 0. The van der Waals surface area contributed by atoms with E-state index in [9.17, 15) is 14.9 Å². The molecule has 0 bridgehead atoms. The summed E-state index contributed by atoms with van der Waals surface area (Å²) in [7, 11) is 1.60. The van der Waals surface area contributed by atoms with Gasteiger partial charge in [0.15, 0.2) is 5.43 Å². The Balaban J connectivity index is 1.95. The van der Waals surface area contributed by atoms with Crippen molar-refractivity contribution >= 4 is 16.9 Å². The first kappa shape index (κ1) is 28.6. The van der Waals surface area contributed by atoms with E-state index in [0.29, 0.717) is 58.7 Å². The normalized spacial score (nSPS) is 11.8. The zero-order valence-electron chi connectivity index (χ0n) is 23.4. The number of ether oxygens (including phenoxy) is 1. The molecule has 40 heavy (non-hydrogen) atoms. The van der Waals surface area contributed by atoms with E-state index in [4.69, 9.17) is 14.9 Å². The van der Waals surface area contributed by atoms with E-state index in [1.807, 2.05) is 69.3 Å². The van der Waals surface area contributed by atoms with E-state index < -0.39 is 6.04 Å². The van der Waals surface area contributed by atoms with Crippen molar-refractivity contribution in [1.29, 1.82) is 5.26 Å². The maximum Gasteiger partial charge on any atom is 0.254 e. The molecular weight excluding hydrogens is 502 g/mol. The van der Waals surface area contributed by atoms with Gasteiger partial charge < -0.3 is 19.8 Å². The highest BCUT2D eigenvalue weighted by Crippen LogP contribution is 2.35. The Bertz CT molecular complexity index is 1600. The summed E-state index contributed by atoms with van der Waals surface area (Å²) < 4.78 is 11.9. The number of nitrogens with zero attached hydrogens (tertiary/aromatic N) is 2. The number of benzene rings is 3. The van der Waals surface area contributed by atoms with Crippen LogP contribution in [0.25, 0.3) is 11.0 Å². The molecule has 1 atom stereocenters. The number of hydrogen-bond acceptors (Lipinski definition) is 6. The number of nitriles is 1. The number of rotatable bonds is 10. The van der Waals surface area contributed by atoms with E-state index in [2.05, 4.69) is 6.07 Å². The summed E-state index contributed by atoms with van der Waals surface area (Å²) in [6, 6.07) is 21.4. The Hall–Kier alpha value is -4.41. The lowest BCUT2D eigenvalue weighted by atomic mass is 9.91. The smallest absolute Gasteiger partial charge is 0.254 e. The highest BCUT2D eigenvalue weighted by molar-refractivity contribution is 5.94. The zero-order valence-corrected chi connectivity index (χ0v) is 23.4. The molecule has 206 valence electrons. The number of hydrogen-bond donors (Lipinski definition) is 1. The Morgan fingerprint density at radius 3 is 2.50 bits per heavy atom. The standard InChI is InChI=1S/C33H35N3O4/c1-21(2)30(36(16-6-15-34)33(38)25-12-9-22(3)10-13-25)32-28(18-23-7-5-8-26(17-23)39-4)31(37)27-14-11-24(20-35)19-29(27)40-32/h5,7-14,17,19,21,30H,6,15-16,18,34H2,1-4H3. The maximum absolute atomic E-state index is 14.1.